The zero-order valence-electron chi connectivity index (χ0n) is 12.9. The summed E-state index contributed by atoms with van der Waals surface area (Å²) in [4.78, 5) is 18.0. The molecule has 0 spiro atoms. The Morgan fingerprint density at radius 2 is 2.26 bits per heavy atom. The summed E-state index contributed by atoms with van der Waals surface area (Å²) in [5, 5.41) is 10.2. The number of anilines is 1. The Labute approximate surface area is 131 Å². The van der Waals surface area contributed by atoms with E-state index in [2.05, 4.69) is 21.8 Å². The number of nitrogens with one attached hydrogen (secondary N) is 1. The van der Waals surface area contributed by atoms with E-state index in [0.717, 1.165) is 10.8 Å². The Bertz CT molecular complexity index is 850. The Morgan fingerprint density at radius 3 is 2.83 bits per heavy atom. The van der Waals surface area contributed by atoms with Gasteiger partial charge < -0.3 is 15.6 Å². The fourth-order valence-corrected chi connectivity index (χ4v) is 2.35. The van der Waals surface area contributed by atoms with Gasteiger partial charge in [-0.1, -0.05) is 5.92 Å². The van der Waals surface area contributed by atoms with Crippen LogP contribution < -0.4 is 17.0 Å². The summed E-state index contributed by atoms with van der Waals surface area (Å²) in [6, 6.07) is 0. The molecule has 2 unspecified atom stereocenters. The van der Waals surface area contributed by atoms with Crippen LogP contribution in [0, 0.1) is 17.7 Å². The molecule has 3 atom stereocenters. The van der Waals surface area contributed by atoms with Gasteiger partial charge in [0, 0.05) is 13.3 Å². The van der Waals surface area contributed by atoms with Crippen molar-refractivity contribution in [2.45, 2.75) is 31.7 Å². The SMILES string of the molecule is CC#C[C@@](N)(C(O)C(C)OC)n1cc(F)c2c(=O)[nH]c(N)nc21. The average molecular weight is 323 g/mol. The highest BCUT2D eigenvalue weighted by molar-refractivity contribution is 5.77. The number of hydrogen-bond donors (Lipinski definition) is 4. The summed E-state index contributed by atoms with van der Waals surface area (Å²) < 4.78 is 20.3. The van der Waals surface area contributed by atoms with E-state index in [-0.39, 0.29) is 17.0 Å². The molecule has 0 fully saturated rings. The van der Waals surface area contributed by atoms with Crippen LogP contribution in [0.25, 0.3) is 11.0 Å². The van der Waals surface area contributed by atoms with Crippen LogP contribution in [-0.4, -0.2) is 39.0 Å². The van der Waals surface area contributed by atoms with Crippen LogP contribution in [0.5, 0.6) is 0 Å². The largest absolute Gasteiger partial charge is 0.385 e. The minimum absolute atomic E-state index is 0.114. The van der Waals surface area contributed by atoms with Crippen molar-refractivity contribution in [2.24, 2.45) is 5.73 Å². The Kier molecular flexibility index (Phi) is 4.42. The van der Waals surface area contributed by atoms with E-state index in [1.807, 2.05) is 0 Å². The number of nitrogens with two attached hydrogens (primary N) is 2. The van der Waals surface area contributed by atoms with Crippen molar-refractivity contribution in [3.05, 3.63) is 22.4 Å². The number of nitrogens with zero attached hydrogens (tertiary/aromatic N) is 2. The molecular weight excluding hydrogens is 305 g/mol. The fourth-order valence-electron chi connectivity index (χ4n) is 2.35. The summed E-state index contributed by atoms with van der Waals surface area (Å²) in [5.41, 5.74) is 9.12. The second-order valence-corrected chi connectivity index (χ2v) is 5.08. The maximum absolute atomic E-state index is 14.2. The number of H-pyrrole nitrogens is 1. The minimum Gasteiger partial charge on any atom is -0.385 e. The van der Waals surface area contributed by atoms with Gasteiger partial charge in [-0.15, -0.1) is 5.92 Å². The molecule has 2 heterocycles. The van der Waals surface area contributed by atoms with E-state index in [1.165, 1.54) is 14.0 Å². The molecule has 0 aliphatic heterocycles. The number of fused-ring (bicyclic) bond motifs is 1. The molecule has 2 aromatic heterocycles. The van der Waals surface area contributed by atoms with Crippen molar-refractivity contribution in [1.29, 1.82) is 0 Å². The molecule has 0 bridgehead atoms. The summed E-state index contributed by atoms with van der Waals surface area (Å²) in [6.45, 7) is 3.10. The predicted octanol–water partition coefficient (Wildman–Crippen LogP) is -0.523. The lowest BCUT2D eigenvalue weighted by Gasteiger charge is -2.34. The molecule has 0 amide bonds. The summed E-state index contributed by atoms with van der Waals surface area (Å²) in [5.74, 6) is 4.17. The number of ether oxygens (including phenoxy) is 1. The van der Waals surface area contributed by atoms with Crippen molar-refractivity contribution in [3.63, 3.8) is 0 Å². The molecule has 8 nitrogen and oxygen atoms in total. The van der Waals surface area contributed by atoms with Gasteiger partial charge in [0.1, 0.15) is 11.5 Å². The van der Waals surface area contributed by atoms with Crippen molar-refractivity contribution in [3.8, 4) is 11.8 Å². The minimum atomic E-state index is -1.76. The number of aromatic nitrogens is 3. The van der Waals surface area contributed by atoms with Crippen LogP contribution in [0.2, 0.25) is 0 Å². The van der Waals surface area contributed by atoms with E-state index >= 15 is 0 Å². The Balaban J connectivity index is 2.82. The standard InChI is InChI=1S/C14H18FN5O3/c1-4-5-14(17,10(21)7(2)23-3)20-6-8(15)9-11(20)18-13(16)19-12(9)22/h6-7,10,21H,17H2,1-3H3,(H3,16,18,19,22)/t7?,10?,14-/m0/s1. The lowest BCUT2D eigenvalue weighted by atomic mass is 9.99. The number of aliphatic hydroxyl groups excluding tert-OH is 1. The van der Waals surface area contributed by atoms with Crippen LogP contribution >= 0.6 is 0 Å². The quantitative estimate of drug-likeness (QED) is 0.560. The third-order valence-corrected chi connectivity index (χ3v) is 3.62. The smallest absolute Gasteiger partial charge is 0.264 e. The maximum atomic E-state index is 14.2. The van der Waals surface area contributed by atoms with Gasteiger partial charge in [0.2, 0.25) is 5.95 Å². The van der Waals surface area contributed by atoms with Crippen LogP contribution in [0.3, 0.4) is 0 Å². The highest BCUT2D eigenvalue weighted by Gasteiger charge is 2.40. The van der Waals surface area contributed by atoms with Crippen molar-refractivity contribution >= 4 is 17.0 Å². The van der Waals surface area contributed by atoms with E-state index < -0.39 is 29.2 Å². The monoisotopic (exact) mass is 323 g/mol. The number of aliphatic hydroxyl groups is 1. The third-order valence-electron chi connectivity index (χ3n) is 3.62. The van der Waals surface area contributed by atoms with Crippen molar-refractivity contribution < 1.29 is 14.2 Å². The topological polar surface area (TPSA) is 132 Å². The molecule has 0 aliphatic carbocycles. The highest BCUT2D eigenvalue weighted by Crippen LogP contribution is 2.25. The van der Waals surface area contributed by atoms with Gasteiger partial charge in [0.15, 0.2) is 17.1 Å². The first-order chi connectivity index (χ1) is 10.8. The molecule has 0 saturated heterocycles. The molecule has 9 heteroatoms. The summed E-state index contributed by atoms with van der Waals surface area (Å²) in [7, 11) is 1.39. The van der Waals surface area contributed by atoms with Crippen LogP contribution in [0.15, 0.2) is 11.0 Å². The first-order valence-corrected chi connectivity index (χ1v) is 6.76. The van der Waals surface area contributed by atoms with Crippen LogP contribution in [0.4, 0.5) is 10.3 Å². The van der Waals surface area contributed by atoms with Gasteiger partial charge in [-0.05, 0) is 13.8 Å². The number of nitrogen functional groups attached to an aromatic ring is 1. The van der Waals surface area contributed by atoms with Gasteiger partial charge in [-0.2, -0.15) is 4.98 Å². The van der Waals surface area contributed by atoms with Gasteiger partial charge in [-0.25, -0.2) is 4.39 Å². The molecular formula is C14H18FN5O3. The molecule has 23 heavy (non-hydrogen) atoms. The van der Waals surface area contributed by atoms with E-state index in [0.29, 0.717) is 0 Å². The van der Waals surface area contributed by atoms with Gasteiger partial charge in [-0.3, -0.25) is 20.1 Å². The molecule has 0 saturated carbocycles. The third kappa shape index (κ3) is 2.68. The van der Waals surface area contributed by atoms with Crippen LogP contribution in [0.1, 0.15) is 13.8 Å². The normalized spacial score (nSPS) is 16.4. The zero-order chi connectivity index (χ0) is 17.4. The van der Waals surface area contributed by atoms with Crippen LogP contribution in [-0.2, 0) is 10.4 Å². The van der Waals surface area contributed by atoms with Gasteiger partial charge in [0.05, 0.1) is 6.10 Å². The van der Waals surface area contributed by atoms with Gasteiger partial charge in [0.25, 0.3) is 5.56 Å². The molecule has 2 rings (SSSR count). The second kappa shape index (κ2) is 6.00. The Morgan fingerprint density at radius 1 is 1.61 bits per heavy atom. The lowest BCUT2D eigenvalue weighted by Crippen LogP contribution is -2.56. The van der Waals surface area contributed by atoms with Crippen molar-refractivity contribution in [1.82, 2.24) is 14.5 Å². The fraction of sp³-hybridized carbons (Fsp3) is 0.429. The summed E-state index contributed by atoms with van der Waals surface area (Å²) in [6.07, 6.45) is -1.07. The number of aromatic amines is 1. The van der Waals surface area contributed by atoms with E-state index in [9.17, 15) is 14.3 Å². The zero-order valence-corrected chi connectivity index (χ0v) is 12.9. The molecule has 0 aromatic carbocycles. The number of hydrogen-bond acceptors (Lipinski definition) is 6. The van der Waals surface area contributed by atoms with Gasteiger partial charge >= 0.3 is 0 Å². The molecule has 0 aliphatic rings. The van der Waals surface area contributed by atoms with E-state index in [4.69, 9.17) is 16.2 Å². The Hall–Kier alpha value is -2.41. The second-order valence-electron chi connectivity index (χ2n) is 5.08. The summed E-state index contributed by atoms with van der Waals surface area (Å²) >= 11 is 0. The molecule has 2 aromatic rings. The average Bonchev–Trinajstić information content (AvgIpc) is 2.83. The molecule has 124 valence electrons. The molecule has 6 N–H and O–H groups in total. The first-order valence-electron chi connectivity index (χ1n) is 6.76. The predicted molar refractivity (Wildman–Crippen MR) is 82.8 cm³/mol. The van der Waals surface area contributed by atoms with E-state index in [1.54, 1.807) is 6.92 Å². The number of halogens is 1. The maximum Gasteiger partial charge on any atom is 0.264 e. The molecule has 0 radical (unpaired) electrons. The number of methoxy groups -OCH3 is 1. The lowest BCUT2D eigenvalue weighted by molar-refractivity contribution is -0.0462. The highest BCUT2D eigenvalue weighted by atomic mass is 19.1. The first kappa shape index (κ1) is 17.0. The van der Waals surface area contributed by atoms with Crippen molar-refractivity contribution in [2.75, 3.05) is 12.8 Å². The number of rotatable bonds is 4.